The molecule has 0 unspecified atom stereocenters. The number of nitrogens with zero attached hydrogens (tertiary/aromatic N) is 4. The molecule has 23 heavy (non-hydrogen) atoms. The number of amides is 1. The van der Waals surface area contributed by atoms with E-state index in [0.29, 0.717) is 12.1 Å². The van der Waals surface area contributed by atoms with Crippen LogP contribution in [0, 0.1) is 6.92 Å². The Morgan fingerprint density at radius 2 is 2.17 bits per heavy atom. The Bertz CT molecular complexity index is 852. The van der Waals surface area contributed by atoms with Crippen LogP contribution >= 0.6 is 15.9 Å². The first-order valence-corrected chi connectivity index (χ1v) is 7.89. The third kappa shape index (κ3) is 3.68. The largest absolute Gasteiger partial charge is 0.319 e. The van der Waals surface area contributed by atoms with E-state index in [2.05, 4.69) is 31.4 Å². The monoisotopic (exact) mass is 373 g/mol. The van der Waals surface area contributed by atoms with E-state index in [1.807, 2.05) is 43.0 Å². The summed E-state index contributed by atoms with van der Waals surface area (Å²) in [5.41, 5.74) is 3.13. The molecule has 118 valence electrons. The molecule has 0 aliphatic rings. The van der Waals surface area contributed by atoms with Gasteiger partial charge in [0, 0.05) is 25.0 Å². The second-order valence-electron chi connectivity index (χ2n) is 5.31. The lowest BCUT2D eigenvalue weighted by atomic mass is 10.1. The van der Waals surface area contributed by atoms with Gasteiger partial charge in [0.25, 0.3) is 5.91 Å². The quantitative estimate of drug-likeness (QED) is 0.764. The van der Waals surface area contributed by atoms with Crippen LogP contribution in [0.3, 0.4) is 0 Å². The van der Waals surface area contributed by atoms with E-state index in [9.17, 15) is 4.79 Å². The smallest absolute Gasteiger partial charge is 0.255 e. The van der Waals surface area contributed by atoms with Gasteiger partial charge in [-0.3, -0.25) is 14.2 Å². The Kier molecular flexibility index (Phi) is 4.29. The average molecular weight is 374 g/mol. The maximum atomic E-state index is 12.4. The van der Waals surface area contributed by atoms with E-state index >= 15 is 0 Å². The molecule has 7 heteroatoms. The maximum absolute atomic E-state index is 12.4. The van der Waals surface area contributed by atoms with Gasteiger partial charge in [-0.05, 0) is 40.5 Å². The standard InChI is InChI=1S/C16H16BrN5O/c1-11-15(10-21(2)20-11)19-16(23)13-5-3-4-12(6-13)8-22-9-14(17)7-18-22/h3-7,9-10H,8H2,1-2H3,(H,19,23). The minimum absolute atomic E-state index is 0.149. The van der Waals surface area contributed by atoms with Gasteiger partial charge in [0.2, 0.25) is 0 Å². The zero-order valence-electron chi connectivity index (χ0n) is 12.8. The summed E-state index contributed by atoms with van der Waals surface area (Å²) in [4.78, 5) is 12.4. The molecule has 0 spiro atoms. The maximum Gasteiger partial charge on any atom is 0.255 e. The lowest BCUT2D eigenvalue weighted by Crippen LogP contribution is -2.13. The third-order valence-corrected chi connectivity index (χ3v) is 3.81. The fraction of sp³-hybridized carbons (Fsp3) is 0.188. The summed E-state index contributed by atoms with van der Waals surface area (Å²) in [6.45, 7) is 2.47. The zero-order valence-corrected chi connectivity index (χ0v) is 14.4. The first-order chi connectivity index (χ1) is 11.0. The van der Waals surface area contributed by atoms with E-state index in [0.717, 1.165) is 21.4 Å². The minimum Gasteiger partial charge on any atom is -0.319 e. The number of benzene rings is 1. The lowest BCUT2D eigenvalue weighted by Gasteiger charge is -2.06. The average Bonchev–Trinajstić information content (AvgIpc) is 3.05. The first kappa shape index (κ1) is 15.5. The number of aromatic nitrogens is 4. The predicted octanol–water partition coefficient (Wildman–Crippen LogP) is 2.99. The molecule has 0 saturated carbocycles. The van der Waals surface area contributed by atoms with Crippen molar-refractivity contribution in [3.63, 3.8) is 0 Å². The Balaban J connectivity index is 1.76. The summed E-state index contributed by atoms with van der Waals surface area (Å²) in [5, 5.41) is 11.3. The Labute approximate surface area is 142 Å². The molecule has 2 heterocycles. The van der Waals surface area contributed by atoms with E-state index in [-0.39, 0.29) is 5.91 Å². The van der Waals surface area contributed by atoms with Crippen LogP contribution in [0.5, 0.6) is 0 Å². The molecule has 0 saturated heterocycles. The number of aryl methyl sites for hydroxylation is 2. The van der Waals surface area contributed by atoms with Crippen molar-refractivity contribution in [3.05, 3.63) is 64.1 Å². The lowest BCUT2D eigenvalue weighted by molar-refractivity contribution is 0.102. The number of hydrogen-bond donors (Lipinski definition) is 1. The first-order valence-electron chi connectivity index (χ1n) is 7.10. The van der Waals surface area contributed by atoms with E-state index in [1.165, 1.54) is 0 Å². The Morgan fingerprint density at radius 1 is 1.35 bits per heavy atom. The number of rotatable bonds is 4. The van der Waals surface area contributed by atoms with Crippen molar-refractivity contribution in [2.24, 2.45) is 7.05 Å². The summed E-state index contributed by atoms with van der Waals surface area (Å²) in [6, 6.07) is 7.51. The highest BCUT2D eigenvalue weighted by atomic mass is 79.9. The molecule has 0 fully saturated rings. The van der Waals surface area contributed by atoms with Crippen LogP contribution in [0.4, 0.5) is 5.69 Å². The predicted molar refractivity (Wildman–Crippen MR) is 91.4 cm³/mol. The van der Waals surface area contributed by atoms with Gasteiger partial charge in [0.05, 0.1) is 28.6 Å². The fourth-order valence-electron chi connectivity index (χ4n) is 2.34. The van der Waals surface area contributed by atoms with Crippen LogP contribution < -0.4 is 5.32 Å². The van der Waals surface area contributed by atoms with Crippen molar-refractivity contribution < 1.29 is 4.79 Å². The van der Waals surface area contributed by atoms with Crippen LogP contribution in [0.1, 0.15) is 21.6 Å². The molecule has 0 bridgehead atoms. The van der Waals surface area contributed by atoms with Gasteiger partial charge in [0.15, 0.2) is 0 Å². The Hall–Kier alpha value is -2.41. The normalized spacial score (nSPS) is 10.7. The molecule has 0 radical (unpaired) electrons. The number of halogens is 1. The molecular formula is C16H16BrN5O. The van der Waals surface area contributed by atoms with Crippen LogP contribution in [-0.2, 0) is 13.6 Å². The molecule has 0 atom stereocenters. The van der Waals surface area contributed by atoms with Gasteiger partial charge in [-0.1, -0.05) is 12.1 Å². The van der Waals surface area contributed by atoms with Crippen molar-refractivity contribution in [2.45, 2.75) is 13.5 Å². The number of carbonyl (C=O) groups excluding carboxylic acids is 1. The molecule has 0 aliphatic carbocycles. The molecular weight excluding hydrogens is 358 g/mol. The second-order valence-corrected chi connectivity index (χ2v) is 6.23. The molecule has 1 amide bonds. The van der Waals surface area contributed by atoms with Crippen LogP contribution in [-0.4, -0.2) is 25.5 Å². The van der Waals surface area contributed by atoms with Gasteiger partial charge >= 0.3 is 0 Å². The zero-order chi connectivity index (χ0) is 16.4. The van der Waals surface area contributed by atoms with Gasteiger partial charge < -0.3 is 5.32 Å². The number of nitrogens with one attached hydrogen (secondary N) is 1. The van der Waals surface area contributed by atoms with Gasteiger partial charge in [-0.15, -0.1) is 0 Å². The van der Waals surface area contributed by atoms with Crippen molar-refractivity contribution >= 4 is 27.5 Å². The third-order valence-electron chi connectivity index (χ3n) is 3.40. The fourth-order valence-corrected chi connectivity index (χ4v) is 2.67. The molecule has 1 aromatic carbocycles. The van der Waals surface area contributed by atoms with Crippen LogP contribution in [0.2, 0.25) is 0 Å². The SMILES string of the molecule is Cc1nn(C)cc1NC(=O)c1cccc(Cn2cc(Br)cn2)c1. The molecule has 2 aromatic heterocycles. The van der Waals surface area contributed by atoms with E-state index < -0.39 is 0 Å². The van der Waals surface area contributed by atoms with Crippen LogP contribution in [0.15, 0.2) is 47.3 Å². The molecule has 1 N–H and O–H groups in total. The summed E-state index contributed by atoms with van der Waals surface area (Å²) in [5.74, 6) is -0.149. The van der Waals surface area contributed by atoms with Crippen molar-refractivity contribution in [1.29, 1.82) is 0 Å². The number of hydrogen-bond acceptors (Lipinski definition) is 3. The Morgan fingerprint density at radius 3 is 2.83 bits per heavy atom. The summed E-state index contributed by atoms with van der Waals surface area (Å²) in [6.07, 6.45) is 5.42. The summed E-state index contributed by atoms with van der Waals surface area (Å²) < 4.78 is 4.42. The van der Waals surface area contributed by atoms with E-state index in [1.54, 1.807) is 23.1 Å². The highest BCUT2D eigenvalue weighted by molar-refractivity contribution is 9.10. The second kappa shape index (κ2) is 6.37. The van der Waals surface area contributed by atoms with Crippen molar-refractivity contribution in [3.8, 4) is 0 Å². The number of carbonyl (C=O) groups is 1. The van der Waals surface area contributed by atoms with Crippen molar-refractivity contribution in [1.82, 2.24) is 19.6 Å². The number of anilines is 1. The van der Waals surface area contributed by atoms with Gasteiger partial charge in [0.1, 0.15) is 0 Å². The van der Waals surface area contributed by atoms with Crippen molar-refractivity contribution in [2.75, 3.05) is 5.32 Å². The molecule has 6 nitrogen and oxygen atoms in total. The summed E-state index contributed by atoms with van der Waals surface area (Å²) in [7, 11) is 1.82. The topological polar surface area (TPSA) is 64.7 Å². The molecule has 3 aromatic rings. The van der Waals surface area contributed by atoms with Gasteiger partial charge in [-0.25, -0.2) is 0 Å². The minimum atomic E-state index is -0.149. The highest BCUT2D eigenvalue weighted by Gasteiger charge is 2.10. The molecule has 0 aliphatic heterocycles. The van der Waals surface area contributed by atoms with Gasteiger partial charge in [-0.2, -0.15) is 10.2 Å². The highest BCUT2D eigenvalue weighted by Crippen LogP contribution is 2.15. The van der Waals surface area contributed by atoms with E-state index in [4.69, 9.17) is 0 Å². The van der Waals surface area contributed by atoms with Crippen LogP contribution in [0.25, 0.3) is 0 Å². The molecule has 3 rings (SSSR count). The summed E-state index contributed by atoms with van der Waals surface area (Å²) >= 11 is 3.37.